The summed E-state index contributed by atoms with van der Waals surface area (Å²) < 4.78 is 10.7. The first-order valence-corrected chi connectivity index (χ1v) is 7.10. The second-order valence-electron chi connectivity index (χ2n) is 4.42. The fourth-order valence-corrected chi connectivity index (χ4v) is 2.56. The van der Waals surface area contributed by atoms with Crippen molar-refractivity contribution >= 4 is 17.7 Å². The van der Waals surface area contributed by atoms with Crippen LogP contribution in [-0.4, -0.2) is 33.6 Å². The third-order valence-electron chi connectivity index (χ3n) is 2.99. The topological polar surface area (TPSA) is 85.5 Å². The number of ether oxygens (including phenoxy) is 1. The maximum atomic E-state index is 10.5. The van der Waals surface area contributed by atoms with Crippen LogP contribution in [0.4, 0.5) is 0 Å². The van der Waals surface area contributed by atoms with Crippen LogP contribution < -0.4 is 4.74 Å². The maximum Gasteiger partial charge on any atom is 0.314 e. The van der Waals surface area contributed by atoms with Crippen molar-refractivity contribution in [2.45, 2.75) is 17.6 Å². The van der Waals surface area contributed by atoms with Crippen LogP contribution in [0.25, 0.3) is 0 Å². The molecule has 1 atom stereocenters. The normalized spacial score (nSPS) is 17.3. The first kappa shape index (κ1) is 13.0. The molecule has 1 aromatic heterocycles. The number of aliphatic carboxylic acids is 1. The third kappa shape index (κ3) is 2.77. The summed E-state index contributed by atoms with van der Waals surface area (Å²) >= 11 is 1.02. The summed E-state index contributed by atoms with van der Waals surface area (Å²) in [5, 5.41) is 12.8. The highest BCUT2D eigenvalue weighted by molar-refractivity contribution is 7.99. The first-order valence-electron chi connectivity index (χ1n) is 6.11. The van der Waals surface area contributed by atoms with Crippen LogP contribution in [-0.2, 0) is 11.2 Å². The minimum absolute atomic E-state index is 0.0350. The van der Waals surface area contributed by atoms with E-state index in [9.17, 15) is 4.79 Å². The number of hydrogen-bond donors (Lipinski definition) is 1. The van der Waals surface area contributed by atoms with E-state index in [1.54, 1.807) is 0 Å². The number of benzene rings is 1. The van der Waals surface area contributed by atoms with Gasteiger partial charge >= 0.3 is 5.97 Å². The lowest BCUT2D eigenvalue weighted by Crippen LogP contribution is -2.20. The highest BCUT2D eigenvalue weighted by Gasteiger charge is 2.25. The Labute approximate surface area is 119 Å². The smallest absolute Gasteiger partial charge is 0.314 e. The van der Waals surface area contributed by atoms with Crippen LogP contribution in [0.5, 0.6) is 5.75 Å². The van der Waals surface area contributed by atoms with Crippen molar-refractivity contribution < 1.29 is 19.2 Å². The number of carboxylic acids is 1. The predicted octanol–water partition coefficient (Wildman–Crippen LogP) is 1.97. The van der Waals surface area contributed by atoms with Crippen LogP contribution in [0, 0.1) is 0 Å². The van der Waals surface area contributed by atoms with Gasteiger partial charge in [0.05, 0.1) is 12.5 Å². The number of carbonyl (C=O) groups is 1. The fourth-order valence-electron chi connectivity index (χ4n) is 2.06. The van der Waals surface area contributed by atoms with Crippen molar-refractivity contribution in [1.29, 1.82) is 0 Å². The zero-order chi connectivity index (χ0) is 13.9. The Morgan fingerprint density at radius 2 is 2.30 bits per heavy atom. The Balaban J connectivity index is 1.70. The Hall–Kier alpha value is -2.02. The van der Waals surface area contributed by atoms with E-state index in [1.807, 2.05) is 24.3 Å². The van der Waals surface area contributed by atoms with E-state index in [0.29, 0.717) is 12.4 Å². The van der Waals surface area contributed by atoms with E-state index in [-0.39, 0.29) is 16.9 Å². The molecule has 0 bridgehead atoms. The molecule has 2 heterocycles. The second kappa shape index (κ2) is 5.54. The standard InChI is InChI=1S/C13H12N2O4S/c16-11(17)7-20-13-14-12(15-19-13)9-5-8-3-1-2-4-10(8)18-6-9/h1-4,9H,5-7H2,(H,16,17). The first-order chi connectivity index (χ1) is 9.72. The lowest BCUT2D eigenvalue weighted by molar-refractivity contribution is -0.133. The van der Waals surface area contributed by atoms with Crippen molar-refractivity contribution in [2.24, 2.45) is 0 Å². The van der Waals surface area contributed by atoms with Gasteiger partial charge in [0.15, 0.2) is 5.82 Å². The Morgan fingerprint density at radius 1 is 1.45 bits per heavy atom. The average molecular weight is 292 g/mol. The van der Waals surface area contributed by atoms with Crippen LogP contribution in [0.1, 0.15) is 17.3 Å². The van der Waals surface area contributed by atoms with Crippen LogP contribution >= 0.6 is 11.8 Å². The summed E-state index contributed by atoms with van der Waals surface area (Å²) in [6, 6.07) is 7.86. The molecule has 1 unspecified atom stereocenters. The number of nitrogens with zero attached hydrogens (tertiary/aromatic N) is 2. The maximum absolute atomic E-state index is 10.5. The van der Waals surface area contributed by atoms with Gasteiger partial charge in [0.1, 0.15) is 11.5 Å². The molecule has 6 nitrogen and oxygen atoms in total. The van der Waals surface area contributed by atoms with Gasteiger partial charge in [-0.3, -0.25) is 4.79 Å². The number of thioether (sulfide) groups is 1. The second-order valence-corrected chi connectivity index (χ2v) is 5.35. The summed E-state index contributed by atoms with van der Waals surface area (Å²) in [5.74, 6) is 0.489. The van der Waals surface area contributed by atoms with Crippen molar-refractivity contribution in [1.82, 2.24) is 10.1 Å². The third-order valence-corrected chi connectivity index (χ3v) is 3.79. The number of para-hydroxylation sites is 1. The number of rotatable bonds is 4. The van der Waals surface area contributed by atoms with Crippen molar-refractivity contribution in [3.05, 3.63) is 35.7 Å². The van der Waals surface area contributed by atoms with Crippen LogP contribution in [0.15, 0.2) is 34.0 Å². The lowest BCUT2D eigenvalue weighted by atomic mass is 9.96. The molecule has 20 heavy (non-hydrogen) atoms. The summed E-state index contributed by atoms with van der Waals surface area (Å²) in [6.45, 7) is 0.500. The Morgan fingerprint density at radius 3 is 3.15 bits per heavy atom. The molecule has 1 N–H and O–H groups in total. The lowest BCUT2D eigenvalue weighted by Gasteiger charge is -2.22. The molecule has 0 fully saturated rings. The Kier molecular flexibility index (Phi) is 3.60. The molecule has 0 saturated heterocycles. The van der Waals surface area contributed by atoms with E-state index in [4.69, 9.17) is 14.4 Å². The van der Waals surface area contributed by atoms with Crippen molar-refractivity contribution in [3.8, 4) is 5.75 Å². The van der Waals surface area contributed by atoms with E-state index in [0.717, 1.165) is 29.5 Å². The van der Waals surface area contributed by atoms with Gasteiger partial charge in [0.2, 0.25) is 0 Å². The highest BCUT2D eigenvalue weighted by atomic mass is 32.2. The summed E-state index contributed by atoms with van der Waals surface area (Å²) in [4.78, 5) is 14.7. The molecule has 0 saturated carbocycles. The molecule has 0 spiro atoms. The van der Waals surface area contributed by atoms with Crippen molar-refractivity contribution in [3.63, 3.8) is 0 Å². The molecule has 0 aliphatic carbocycles. The monoisotopic (exact) mass is 292 g/mol. The van der Waals surface area contributed by atoms with Gasteiger partial charge in [-0.05, 0) is 18.1 Å². The zero-order valence-corrected chi connectivity index (χ0v) is 11.3. The fraction of sp³-hybridized carbons (Fsp3) is 0.308. The molecular formula is C13H12N2O4S. The largest absolute Gasteiger partial charge is 0.493 e. The van der Waals surface area contributed by atoms with Crippen molar-refractivity contribution in [2.75, 3.05) is 12.4 Å². The molecule has 1 aromatic carbocycles. The van der Waals surface area contributed by atoms with Gasteiger partial charge in [-0.1, -0.05) is 35.1 Å². The molecule has 2 aromatic rings. The summed E-state index contributed by atoms with van der Waals surface area (Å²) in [7, 11) is 0. The summed E-state index contributed by atoms with van der Waals surface area (Å²) in [5.41, 5.74) is 1.12. The van der Waals surface area contributed by atoms with Gasteiger partial charge in [-0.25, -0.2) is 0 Å². The van der Waals surface area contributed by atoms with E-state index in [2.05, 4.69) is 10.1 Å². The van der Waals surface area contributed by atoms with Crippen LogP contribution in [0.2, 0.25) is 0 Å². The molecule has 7 heteroatoms. The molecular weight excluding hydrogens is 280 g/mol. The SMILES string of the molecule is O=C(O)CSc1nc(C2COc3ccccc3C2)no1. The molecule has 3 rings (SSSR count). The number of aromatic nitrogens is 2. The molecule has 0 radical (unpaired) electrons. The predicted molar refractivity (Wildman–Crippen MR) is 71.0 cm³/mol. The molecule has 1 aliphatic heterocycles. The number of fused-ring (bicyclic) bond motifs is 1. The number of hydrogen-bond acceptors (Lipinski definition) is 6. The minimum atomic E-state index is -0.912. The highest BCUT2D eigenvalue weighted by Crippen LogP contribution is 2.31. The number of carboxylic acid groups (broad SMARTS) is 1. The molecule has 1 aliphatic rings. The van der Waals surface area contributed by atoms with Crippen LogP contribution in [0.3, 0.4) is 0 Å². The van der Waals surface area contributed by atoms with Gasteiger partial charge in [-0.15, -0.1) is 0 Å². The zero-order valence-electron chi connectivity index (χ0n) is 10.5. The minimum Gasteiger partial charge on any atom is -0.493 e. The Bertz CT molecular complexity index is 628. The average Bonchev–Trinajstić information content (AvgIpc) is 2.93. The molecule has 0 amide bonds. The van der Waals surface area contributed by atoms with E-state index in [1.165, 1.54) is 0 Å². The van der Waals surface area contributed by atoms with Gasteiger partial charge < -0.3 is 14.4 Å². The van der Waals surface area contributed by atoms with E-state index >= 15 is 0 Å². The summed E-state index contributed by atoms with van der Waals surface area (Å²) in [6.07, 6.45) is 0.790. The van der Waals surface area contributed by atoms with Gasteiger partial charge in [0.25, 0.3) is 5.22 Å². The quantitative estimate of drug-likeness (QED) is 0.862. The van der Waals surface area contributed by atoms with E-state index < -0.39 is 5.97 Å². The van der Waals surface area contributed by atoms with Gasteiger partial charge in [0, 0.05) is 0 Å². The molecule has 104 valence electrons. The van der Waals surface area contributed by atoms with Gasteiger partial charge in [-0.2, -0.15) is 4.98 Å².